The van der Waals surface area contributed by atoms with Gasteiger partial charge < -0.3 is 15.3 Å². The first-order valence-electron chi connectivity index (χ1n) is 5.65. The van der Waals surface area contributed by atoms with Gasteiger partial charge in [0.1, 0.15) is 6.54 Å². The van der Waals surface area contributed by atoms with E-state index in [1.165, 1.54) is 4.90 Å². The maximum atomic E-state index is 11.9. The minimum absolute atomic E-state index is 0.166. The fraction of sp³-hybridized carbons (Fsp3) is 0.818. The molecule has 106 valence electrons. The minimum Gasteiger partial charge on any atom is -0.480 e. The fourth-order valence-electron chi connectivity index (χ4n) is 1.19. The normalized spacial score (nSPS) is 14.7. The molecule has 0 aliphatic rings. The summed E-state index contributed by atoms with van der Waals surface area (Å²) in [5.74, 6) is -1.06. The van der Waals surface area contributed by atoms with E-state index in [1.807, 2.05) is 0 Å². The van der Waals surface area contributed by atoms with Gasteiger partial charge in [-0.1, -0.05) is 0 Å². The Morgan fingerprint density at radius 2 is 1.89 bits per heavy atom. The van der Waals surface area contributed by atoms with Gasteiger partial charge in [0.05, 0.1) is 0 Å². The highest BCUT2D eigenvalue weighted by atomic mass is 32.2. The van der Waals surface area contributed by atoms with E-state index in [9.17, 15) is 13.8 Å². The zero-order valence-corrected chi connectivity index (χ0v) is 12.3. The molecule has 2 amide bonds. The molecule has 0 aliphatic heterocycles. The van der Waals surface area contributed by atoms with Crippen LogP contribution < -0.4 is 5.32 Å². The van der Waals surface area contributed by atoms with Gasteiger partial charge in [0, 0.05) is 34.4 Å². The van der Waals surface area contributed by atoms with Crippen LogP contribution in [0.1, 0.15) is 27.7 Å². The molecule has 0 rings (SSSR count). The SMILES string of the molecule is CC(CNC(=O)N(CC(=O)O)C(C)(C)C)S(C)=O. The van der Waals surface area contributed by atoms with Crippen LogP contribution in [0.3, 0.4) is 0 Å². The quantitative estimate of drug-likeness (QED) is 0.773. The summed E-state index contributed by atoms with van der Waals surface area (Å²) in [4.78, 5) is 23.9. The molecule has 0 spiro atoms. The van der Waals surface area contributed by atoms with Crippen molar-refractivity contribution < 1.29 is 18.9 Å². The van der Waals surface area contributed by atoms with Crippen LogP contribution in [0.25, 0.3) is 0 Å². The molecule has 0 fully saturated rings. The van der Waals surface area contributed by atoms with Crippen molar-refractivity contribution in [1.29, 1.82) is 0 Å². The van der Waals surface area contributed by atoms with Crippen LogP contribution in [0.15, 0.2) is 0 Å². The molecule has 2 N–H and O–H groups in total. The monoisotopic (exact) mass is 278 g/mol. The lowest BCUT2D eigenvalue weighted by atomic mass is 10.1. The number of amides is 2. The molecule has 18 heavy (non-hydrogen) atoms. The van der Waals surface area contributed by atoms with Crippen molar-refractivity contribution in [2.24, 2.45) is 0 Å². The number of carbonyl (C=O) groups excluding carboxylic acids is 1. The maximum absolute atomic E-state index is 11.9. The van der Waals surface area contributed by atoms with Crippen molar-refractivity contribution in [2.75, 3.05) is 19.3 Å². The first-order valence-corrected chi connectivity index (χ1v) is 7.27. The highest BCUT2D eigenvalue weighted by molar-refractivity contribution is 7.84. The summed E-state index contributed by atoms with van der Waals surface area (Å²) in [6.07, 6.45) is 1.57. The minimum atomic E-state index is -1.06. The molecule has 0 aromatic carbocycles. The second kappa shape index (κ2) is 6.72. The Bertz CT molecular complexity index is 338. The molecule has 0 aromatic rings. The fourth-order valence-corrected chi connectivity index (χ4v) is 1.51. The number of aliphatic carboxylic acids is 1. The van der Waals surface area contributed by atoms with Crippen LogP contribution in [0.5, 0.6) is 0 Å². The Labute approximate surface area is 110 Å². The lowest BCUT2D eigenvalue weighted by molar-refractivity contribution is -0.138. The standard InChI is InChI=1S/C11H22N2O4S/c1-8(18(5)17)6-12-10(16)13(7-9(14)15)11(2,3)4/h8H,6-7H2,1-5H3,(H,12,16)(H,14,15). The molecule has 0 radical (unpaired) electrons. The predicted molar refractivity (Wildman–Crippen MR) is 71.0 cm³/mol. The van der Waals surface area contributed by atoms with Gasteiger partial charge >= 0.3 is 12.0 Å². The van der Waals surface area contributed by atoms with E-state index in [1.54, 1.807) is 34.0 Å². The zero-order chi connectivity index (χ0) is 14.5. The van der Waals surface area contributed by atoms with Crippen molar-refractivity contribution in [3.63, 3.8) is 0 Å². The van der Waals surface area contributed by atoms with Crippen LogP contribution in [0, 0.1) is 0 Å². The molecule has 6 nitrogen and oxygen atoms in total. The average molecular weight is 278 g/mol. The number of urea groups is 1. The van der Waals surface area contributed by atoms with E-state index in [0.29, 0.717) is 0 Å². The maximum Gasteiger partial charge on any atom is 0.323 e. The van der Waals surface area contributed by atoms with Crippen LogP contribution in [-0.4, -0.2) is 56.3 Å². The van der Waals surface area contributed by atoms with E-state index in [-0.39, 0.29) is 18.3 Å². The molecule has 2 atom stereocenters. The van der Waals surface area contributed by atoms with Crippen LogP contribution >= 0.6 is 0 Å². The van der Waals surface area contributed by atoms with E-state index in [0.717, 1.165) is 0 Å². The van der Waals surface area contributed by atoms with Gasteiger partial charge in [-0.15, -0.1) is 0 Å². The second-order valence-electron chi connectivity index (χ2n) is 5.15. The summed E-state index contributed by atoms with van der Waals surface area (Å²) >= 11 is 0. The Kier molecular flexibility index (Phi) is 6.31. The Balaban J connectivity index is 4.58. The van der Waals surface area contributed by atoms with Crippen molar-refractivity contribution >= 4 is 22.8 Å². The van der Waals surface area contributed by atoms with E-state index in [4.69, 9.17) is 5.11 Å². The smallest absolute Gasteiger partial charge is 0.323 e. The van der Waals surface area contributed by atoms with Crippen LogP contribution in [0.4, 0.5) is 4.79 Å². The first-order chi connectivity index (χ1) is 8.05. The summed E-state index contributed by atoms with van der Waals surface area (Å²) in [7, 11) is -1.02. The van der Waals surface area contributed by atoms with Gasteiger partial charge in [-0.2, -0.15) is 0 Å². The number of hydrogen-bond donors (Lipinski definition) is 2. The first kappa shape index (κ1) is 16.9. The third-order valence-electron chi connectivity index (χ3n) is 2.46. The Hall–Kier alpha value is -1.11. The molecule has 7 heteroatoms. The third-order valence-corrected chi connectivity index (χ3v) is 3.76. The average Bonchev–Trinajstić information content (AvgIpc) is 2.19. The number of carboxylic acid groups (broad SMARTS) is 1. The number of carboxylic acids is 1. The molecular weight excluding hydrogens is 256 g/mol. The van der Waals surface area contributed by atoms with E-state index < -0.39 is 28.3 Å². The summed E-state index contributed by atoms with van der Waals surface area (Å²) in [5.41, 5.74) is -0.586. The molecule has 0 aromatic heterocycles. The summed E-state index contributed by atoms with van der Waals surface area (Å²) in [6.45, 7) is 6.94. The molecule has 2 unspecified atom stereocenters. The van der Waals surface area contributed by atoms with Gasteiger partial charge in [-0.25, -0.2) is 4.79 Å². The summed E-state index contributed by atoms with van der Waals surface area (Å²) in [6, 6.07) is -0.456. The lowest BCUT2D eigenvalue weighted by Gasteiger charge is -2.34. The topological polar surface area (TPSA) is 86.7 Å². The predicted octanol–water partition coefficient (Wildman–Crippen LogP) is 0.648. The lowest BCUT2D eigenvalue weighted by Crippen LogP contribution is -2.53. The number of nitrogens with one attached hydrogen (secondary N) is 1. The Morgan fingerprint density at radius 1 is 1.39 bits per heavy atom. The molecule has 0 bridgehead atoms. The summed E-state index contributed by atoms with van der Waals surface area (Å²) in [5, 5.41) is 11.2. The second-order valence-corrected chi connectivity index (χ2v) is 6.95. The van der Waals surface area contributed by atoms with Crippen LogP contribution in [0.2, 0.25) is 0 Å². The van der Waals surface area contributed by atoms with E-state index in [2.05, 4.69) is 5.32 Å². The van der Waals surface area contributed by atoms with Crippen LogP contribution in [-0.2, 0) is 15.6 Å². The van der Waals surface area contributed by atoms with Gasteiger partial charge in [-0.05, 0) is 27.7 Å². The number of rotatable bonds is 5. The molecule has 0 heterocycles. The van der Waals surface area contributed by atoms with Gasteiger partial charge in [-0.3, -0.25) is 9.00 Å². The third kappa shape index (κ3) is 6.00. The Morgan fingerprint density at radius 3 is 2.22 bits per heavy atom. The number of hydrogen-bond acceptors (Lipinski definition) is 3. The molecule has 0 aliphatic carbocycles. The van der Waals surface area contributed by atoms with Crippen molar-refractivity contribution in [3.05, 3.63) is 0 Å². The van der Waals surface area contributed by atoms with Gasteiger partial charge in [0.25, 0.3) is 0 Å². The zero-order valence-electron chi connectivity index (χ0n) is 11.5. The molecule has 0 saturated carbocycles. The summed E-state index contributed by atoms with van der Waals surface area (Å²) < 4.78 is 11.2. The molecule has 0 saturated heterocycles. The largest absolute Gasteiger partial charge is 0.480 e. The van der Waals surface area contributed by atoms with Crippen molar-refractivity contribution in [2.45, 2.75) is 38.5 Å². The molecular formula is C11H22N2O4S. The highest BCUT2D eigenvalue weighted by Crippen LogP contribution is 2.12. The number of nitrogens with zero attached hydrogens (tertiary/aromatic N) is 1. The number of carbonyl (C=O) groups is 2. The van der Waals surface area contributed by atoms with Gasteiger partial charge in [0.15, 0.2) is 0 Å². The van der Waals surface area contributed by atoms with Crippen molar-refractivity contribution in [1.82, 2.24) is 10.2 Å². The van der Waals surface area contributed by atoms with E-state index >= 15 is 0 Å². The van der Waals surface area contributed by atoms with Crippen molar-refractivity contribution in [3.8, 4) is 0 Å². The highest BCUT2D eigenvalue weighted by Gasteiger charge is 2.28. The van der Waals surface area contributed by atoms with Gasteiger partial charge in [0.2, 0.25) is 0 Å².